The molecule has 1 N–H and O–H groups in total. The molecule has 1 aliphatic rings. The Kier molecular flexibility index (Phi) is 3.71. The van der Waals surface area contributed by atoms with Gasteiger partial charge in [-0.25, -0.2) is 0 Å². The van der Waals surface area contributed by atoms with E-state index in [1.165, 1.54) is 0 Å². The molecule has 1 fully saturated rings. The van der Waals surface area contributed by atoms with Crippen LogP contribution in [0.1, 0.15) is 29.4 Å². The first kappa shape index (κ1) is 14.1. The maximum Gasteiger partial charge on any atom is 0.272 e. The summed E-state index contributed by atoms with van der Waals surface area (Å²) in [5.41, 5.74) is 2.33. The zero-order valence-electron chi connectivity index (χ0n) is 12.0. The maximum atomic E-state index is 12.6. The Hall–Kier alpha value is -1.82. The zero-order valence-corrected chi connectivity index (χ0v) is 13.6. The normalized spacial score (nSPS) is 14.0. The molecule has 0 spiro atoms. The van der Waals surface area contributed by atoms with Crippen molar-refractivity contribution in [1.82, 2.24) is 9.55 Å². The molecule has 110 valence electrons. The molecule has 2 aromatic heterocycles. The molecule has 21 heavy (non-hydrogen) atoms. The van der Waals surface area contributed by atoms with Gasteiger partial charge >= 0.3 is 0 Å². The molecule has 1 saturated carbocycles. The van der Waals surface area contributed by atoms with Crippen molar-refractivity contribution in [3.63, 3.8) is 0 Å². The predicted molar refractivity (Wildman–Crippen MR) is 86.9 cm³/mol. The molecular formula is C15H17BrN4O. The summed E-state index contributed by atoms with van der Waals surface area (Å²) < 4.78 is 2.98. The molecule has 3 rings (SSSR count). The Labute approximate surface area is 132 Å². The van der Waals surface area contributed by atoms with Crippen LogP contribution in [0.2, 0.25) is 0 Å². The van der Waals surface area contributed by atoms with Gasteiger partial charge in [0.2, 0.25) is 0 Å². The van der Waals surface area contributed by atoms with Crippen LogP contribution in [0.25, 0.3) is 0 Å². The van der Waals surface area contributed by atoms with Gasteiger partial charge in [0.15, 0.2) is 0 Å². The highest BCUT2D eigenvalue weighted by Crippen LogP contribution is 2.37. The first-order valence-corrected chi connectivity index (χ1v) is 7.65. The Bertz CT molecular complexity index is 676. The summed E-state index contributed by atoms with van der Waals surface area (Å²) in [4.78, 5) is 18.6. The van der Waals surface area contributed by atoms with E-state index in [2.05, 4.69) is 26.2 Å². The van der Waals surface area contributed by atoms with E-state index in [4.69, 9.17) is 0 Å². The first-order valence-electron chi connectivity index (χ1n) is 6.86. The van der Waals surface area contributed by atoms with Crippen molar-refractivity contribution < 1.29 is 4.79 Å². The van der Waals surface area contributed by atoms with E-state index in [0.717, 1.165) is 23.0 Å². The van der Waals surface area contributed by atoms with Gasteiger partial charge in [0.25, 0.3) is 5.91 Å². The lowest BCUT2D eigenvalue weighted by atomic mass is 10.3. The number of pyridine rings is 1. The fourth-order valence-electron chi connectivity index (χ4n) is 2.34. The maximum absolute atomic E-state index is 12.6. The summed E-state index contributed by atoms with van der Waals surface area (Å²) in [7, 11) is 3.88. The molecule has 2 aromatic rings. The van der Waals surface area contributed by atoms with Crippen molar-refractivity contribution in [1.29, 1.82) is 0 Å². The van der Waals surface area contributed by atoms with Crippen molar-refractivity contribution in [2.24, 2.45) is 0 Å². The van der Waals surface area contributed by atoms with E-state index >= 15 is 0 Å². The van der Waals surface area contributed by atoms with Crippen LogP contribution in [-0.2, 0) is 0 Å². The van der Waals surface area contributed by atoms with Crippen molar-refractivity contribution in [2.75, 3.05) is 24.3 Å². The van der Waals surface area contributed by atoms with Gasteiger partial charge < -0.3 is 14.8 Å². The summed E-state index contributed by atoms with van der Waals surface area (Å²) in [6.07, 6.45) is 7.64. The van der Waals surface area contributed by atoms with Crippen LogP contribution in [-0.4, -0.2) is 29.6 Å². The van der Waals surface area contributed by atoms with E-state index in [1.54, 1.807) is 12.4 Å². The van der Waals surface area contributed by atoms with Crippen LogP contribution in [0.3, 0.4) is 0 Å². The van der Waals surface area contributed by atoms with Crippen LogP contribution < -0.4 is 10.2 Å². The van der Waals surface area contributed by atoms with Crippen LogP contribution in [0.5, 0.6) is 0 Å². The second-order valence-corrected chi connectivity index (χ2v) is 6.34. The van der Waals surface area contributed by atoms with E-state index in [0.29, 0.717) is 17.4 Å². The highest BCUT2D eigenvalue weighted by Gasteiger charge is 2.28. The SMILES string of the molecule is CN(C)c1ccncc1NC(=O)c1cc(Br)cn1C1CC1. The molecular weight excluding hydrogens is 332 g/mol. The smallest absolute Gasteiger partial charge is 0.272 e. The standard InChI is InChI=1S/C15H17BrN4O/c1-19(2)13-5-6-17-8-12(13)18-15(21)14-7-10(16)9-20(14)11-3-4-11/h5-9,11H,3-4H2,1-2H3,(H,18,21). The average molecular weight is 349 g/mol. The van der Waals surface area contributed by atoms with E-state index < -0.39 is 0 Å². The number of carbonyl (C=O) groups excluding carboxylic acids is 1. The molecule has 5 nitrogen and oxygen atoms in total. The second-order valence-electron chi connectivity index (χ2n) is 5.42. The van der Waals surface area contributed by atoms with Crippen molar-refractivity contribution in [3.05, 3.63) is 40.9 Å². The highest BCUT2D eigenvalue weighted by molar-refractivity contribution is 9.10. The number of anilines is 2. The fraction of sp³-hybridized carbons (Fsp3) is 0.333. The van der Waals surface area contributed by atoms with Gasteiger partial charge in [-0.15, -0.1) is 0 Å². The summed E-state index contributed by atoms with van der Waals surface area (Å²) in [5, 5.41) is 2.96. The lowest BCUT2D eigenvalue weighted by molar-refractivity contribution is 0.101. The van der Waals surface area contributed by atoms with Gasteiger partial charge in [-0.3, -0.25) is 9.78 Å². The van der Waals surface area contributed by atoms with Gasteiger partial charge in [-0.2, -0.15) is 0 Å². The summed E-state index contributed by atoms with van der Waals surface area (Å²) in [6, 6.07) is 4.20. The third-order valence-electron chi connectivity index (χ3n) is 3.52. The van der Waals surface area contributed by atoms with Crippen molar-refractivity contribution in [2.45, 2.75) is 18.9 Å². The summed E-state index contributed by atoms with van der Waals surface area (Å²) in [6.45, 7) is 0. The van der Waals surface area contributed by atoms with Crippen molar-refractivity contribution >= 4 is 33.2 Å². The molecule has 1 amide bonds. The zero-order chi connectivity index (χ0) is 15.0. The topological polar surface area (TPSA) is 50.2 Å². The number of nitrogens with zero attached hydrogens (tertiary/aromatic N) is 3. The molecule has 0 saturated heterocycles. The minimum atomic E-state index is -0.108. The number of carbonyl (C=O) groups is 1. The Balaban J connectivity index is 1.87. The van der Waals surface area contributed by atoms with Crippen LogP contribution >= 0.6 is 15.9 Å². The number of rotatable bonds is 4. The van der Waals surface area contributed by atoms with E-state index in [-0.39, 0.29) is 5.91 Å². The Morgan fingerprint density at radius 2 is 2.24 bits per heavy atom. The van der Waals surface area contributed by atoms with E-state index in [1.807, 2.05) is 41.9 Å². The minimum Gasteiger partial charge on any atom is -0.376 e. The largest absolute Gasteiger partial charge is 0.376 e. The lowest BCUT2D eigenvalue weighted by Crippen LogP contribution is -2.19. The lowest BCUT2D eigenvalue weighted by Gasteiger charge is -2.17. The Morgan fingerprint density at radius 1 is 1.48 bits per heavy atom. The second kappa shape index (κ2) is 5.52. The van der Waals surface area contributed by atoms with Crippen molar-refractivity contribution in [3.8, 4) is 0 Å². The van der Waals surface area contributed by atoms with Gasteiger partial charge in [-0.05, 0) is 40.9 Å². The van der Waals surface area contributed by atoms with Crippen LogP contribution in [0.4, 0.5) is 11.4 Å². The molecule has 6 heteroatoms. The Morgan fingerprint density at radius 3 is 2.90 bits per heavy atom. The highest BCUT2D eigenvalue weighted by atomic mass is 79.9. The number of aromatic nitrogens is 2. The van der Waals surface area contributed by atoms with E-state index in [9.17, 15) is 4.79 Å². The quantitative estimate of drug-likeness (QED) is 0.922. The third kappa shape index (κ3) is 2.95. The monoisotopic (exact) mass is 348 g/mol. The summed E-state index contributed by atoms with van der Waals surface area (Å²) in [5.74, 6) is -0.108. The number of hydrogen-bond donors (Lipinski definition) is 1. The fourth-order valence-corrected chi connectivity index (χ4v) is 2.78. The van der Waals surface area contributed by atoms with Crippen LogP contribution in [0, 0.1) is 0 Å². The molecule has 1 aliphatic carbocycles. The first-order chi connectivity index (χ1) is 10.1. The number of nitrogens with one attached hydrogen (secondary N) is 1. The van der Waals surface area contributed by atoms with Gasteiger partial charge in [0, 0.05) is 37.0 Å². The molecule has 0 unspecified atom stereocenters. The molecule has 0 aromatic carbocycles. The molecule has 2 heterocycles. The average Bonchev–Trinajstić information content (AvgIpc) is 3.21. The van der Waals surface area contributed by atoms with Crippen LogP contribution in [0.15, 0.2) is 35.2 Å². The predicted octanol–water partition coefficient (Wildman–Crippen LogP) is 3.30. The van der Waals surface area contributed by atoms with Gasteiger partial charge in [0.05, 0.1) is 17.6 Å². The molecule has 0 aliphatic heterocycles. The number of amides is 1. The molecule has 0 radical (unpaired) electrons. The number of hydrogen-bond acceptors (Lipinski definition) is 3. The number of halogens is 1. The molecule has 0 bridgehead atoms. The summed E-state index contributed by atoms with van der Waals surface area (Å²) >= 11 is 3.45. The minimum absolute atomic E-state index is 0.108. The van der Waals surface area contributed by atoms with Gasteiger partial charge in [-0.1, -0.05) is 0 Å². The third-order valence-corrected chi connectivity index (χ3v) is 3.95. The molecule has 0 atom stereocenters. The van der Waals surface area contributed by atoms with Gasteiger partial charge in [0.1, 0.15) is 5.69 Å².